The Bertz CT molecular complexity index is 1280. The van der Waals surface area contributed by atoms with Gasteiger partial charge in [-0.2, -0.15) is 5.10 Å². The minimum Gasteiger partial charge on any atom is -0.386 e. The van der Waals surface area contributed by atoms with Crippen LogP contribution in [0.4, 0.5) is 10.1 Å². The lowest BCUT2D eigenvalue weighted by atomic mass is 9.96. The molecule has 2 aliphatic heterocycles. The maximum Gasteiger partial charge on any atom is 0.178 e. The average molecular weight is 462 g/mol. The van der Waals surface area contributed by atoms with E-state index in [1.807, 2.05) is 38.0 Å². The van der Waals surface area contributed by atoms with E-state index in [1.165, 1.54) is 0 Å². The summed E-state index contributed by atoms with van der Waals surface area (Å²) in [6.07, 6.45) is 3.70. The second-order valence-corrected chi connectivity index (χ2v) is 9.26. The number of halogens is 1. The molecular weight excluding hydrogens is 429 g/mol. The number of nitrogens with zero attached hydrogens (tertiary/aromatic N) is 5. The van der Waals surface area contributed by atoms with Gasteiger partial charge in [-0.1, -0.05) is 12.1 Å². The van der Waals surface area contributed by atoms with E-state index >= 15 is 0 Å². The van der Waals surface area contributed by atoms with Crippen LogP contribution in [0, 0.1) is 12.7 Å². The smallest absolute Gasteiger partial charge is 0.178 e. The SMILES string of the molecule is CNc1ccc(C2=C(c3ccc4c(c3)c(C)nn4C)C=NC(N3CCC(N)CC3)N2C)cc1F. The number of piperidine rings is 1. The zero-order valence-electron chi connectivity index (χ0n) is 20.2. The van der Waals surface area contributed by atoms with Crippen molar-refractivity contribution in [1.29, 1.82) is 0 Å². The van der Waals surface area contributed by atoms with Crippen LogP contribution < -0.4 is 11.1 Å². The Kier molecular flexibility index (Phi) is 5.87. The normalized spacial score (nSPS) is 19.9. The molecule has 0 spiro atoms. The van der Waals surface area contributed by atoms with E-state index in [2.05, 4.69) is 38.4 Å². The number of benzene rings is 2. The predicted octanol–water partition coefficient (Wildman–Crippen LogP) is 3.65. The van der Waals surface area contributed by atoms with Crippen molar-refractivity contribution in [3.63, 3.8) is 0 Å². The standard InChI is InChI=1S/C26H32FN7/c1-16-20-13-17(6-8-24(20)33(4)31-16)21-15-30-26(34-11-9-19(28)10-12-34)32(3)25(21)18-5-7-23(29-2)22(27)14-18/h5-8,13-15,19,26,29H,9-12,28H2,1-4H3. The van der Waals surface area contributed by atoms with E-state index in [9.17, 15) is 4.39 Å². The summed E-state index contributed by atoms with van der Waals surface area (Å²) >= 11 is 0. The molecule has 1 aromatic heterocycles. The van der Waals surface area contributed by atoms with E-state index in [0.29, 0.717) is 5.69 Å². The third kappa shape index (κ3) is 3.86. The maximum atomic E-state index is 14.8. The molecule has 3 heterocycles. The Morgan fingerprint density at radius 2 is 1.79 bits per heavy atom. The predicted molar refractivity (Wildman–Crippen MR) is 137 cm³/mol. The van der Waals surface area contributed by atoms with Gasteiger partial charge in [0.1, 0.15) is 5.82 Å². The van der Waals surface area contributed by atoms with Gasteiger partial charge in [-0.25, -0.2) is 4.39 Å². The van der Waals surface area contributed by atoms with Gasteiger partial charge in [-0.15, -0.1) is 0 Å². The molecule has 3 aromatic rings. The first-order valence-electron chi connectivity index (χ1n) is 11.8. The zero-order chi connectivity index (χ0) is 24.0. The van der Waals surface area contributed by atoms with Crippen molar-refractivity contribution in [3.8, 4) is 0 Å². The summed E-state index contributed by atoms with van der Waals surface area (Å²) in [5, 5.41) is 8.58. The molecule has 34 heavy (non-hydrogen) atoms. The summed E-state index contributed by atoms with van der Waals surface area (Å²) in [6.45, 7) is 3.81. The lowest BCUT2D eigenvalue weighted by molar-refractivity contribution is 0.0807. The van der Waals surface area contributed by atoms with Crippen molar-refractivity contribution in [1.82, 2.24) is 19.6 Å². The van der Waals surface area contributed by atoms with Crippen LogP contribution in [0.15, 0.2) is 41.4 Å². The van der Waals surface area contributed by atoms with Gasteiger partial charge < -0.3 is 16.0 Å². The number of nitrogens with two attached hydrogens (primary N) is 1. The Morgan fingerprint density at radius 3 is 2.50 bits per heavy atom. The van der Waals surface area contributed by atoms with Gasteiger partial charge in [-0.3, -0.25) is 14.6 Å². The molecule has 0 amide bonds. The van der Waals surface area contributed by atoms with Gasteiger partial charge >= 0.3 is 0 Å². The Morgan fingerprint density at radius 1 is 1.06 bits per heavy atom. The first-order valence-corrected chi connectivity index (χ1v) is 11.8. The highest BCUT2D eigenvalue weighted by atomic mass is 19.1. The molecule has 0 bridgehead atoms. The number of fused-ring (bicyclic) bond motifs is 1. The molecule has 3 N–H and O–H groups in total. The molecule has 0 aliphatic carbocycles. The minimum absolute atomic E-state index is 0.151. The van der Waals surface area contributed by atoms with E-state index in [4.69, 9.17) is 10.7 Å². The fourth-order valence-electron chi connectivity index (χ4n) is 5.14. The van der Waals surface area contributed by atoms with E-state index in [1.54, 1.807) is 19.2 Å². The lowest BCUT2D eigenvalue weighted by Crippen LogP contribution is -2.51. The fraction of sp³-hybridized carbons (Fsp3) is 0.385. The average Bonchev–Trinajstić information content (AvgIpc) is 3.12. The molecule has 1 unspecified atom stereocenters. The van der Waals surface area contributed by atoms with Crippen molar-refractivity contribution in [2.24, 2.45) is 17.8 Å². The Balaban J connectivity index is 1.63. The minimum atomic E-state index is -0.276. The van der Waals surface area contributed by atoms with E-state index in [0.717, 1.165) is 64.9 Å². The number of hydrogen-bond donors (Lipinski definition) is 2. The topological polar surface area (TPSA) is 74.7 Å². The number of anilines is 1. The van der Waals surface area contributed by atoms with Gasteiger partial charge in [0.05, 0.1) is 22.6 Å². The van der Waals surface area contributed by atoms with Crippen LogP contribution in [0.5, 0.6) is 0 Å². The van der Waals surface area contributed by atoms with Gasteiger partial charge in [0.25, 0.3) is 0 Å². The summed E-state index contributed by atoms with van der Waals surface area (Å²) in [5.41, 5.74) is 12.5. The van der Waals surface area contributed by atoms with Crippen molar-refractivity contribution in [2.45, 2.75) is 32.1 Å². The molecular formula is C26H32FN7. The summed E-state index contributed by atoms with van der Waals surface area (Å²) in [6, 6.07) is 12.0. The fourth-order valence-corrected chi connectivity index (χ4v) is 5.14. The van der Waals surface area contributed by atoms with Crippen LogP contribution in [0.1, 0.15) is 29.7 Å². The number of nitrogens with one attached hydrogen (secondary N) is 1. The van der Waals surface area contributed by atoms with E-state index < -0.39 is 0 Å². The number of allylic oxidation sites excluding steroid dienone is 1. The highest BCUT2D eigenvalue weighted by Gasteiger charge is 2.31. The van der Waals surface area contributed by atoms with Crippen LogP contribution in [-0.2, 0) is 7.05 Å². The number of likely N-dealkylation sites (tertiary alicyclic amines) is 1. The largest absolute Gasteiger partial charge is 0.386 e. The Labute approximate surface area is 199 Å². The van der Waals surface area contributed by atoms with Gasteiger partial charge in [0.15, 0.2) is 6.29 Å². The van der Waals surface area contributed by atoms with Crippen LogP contribution in [0.3, 0.4) is 0 Å². The first-order chi connectivity index (χ1) is 16.4. The summed E-state index contributed by atoms with van der Waals surface area (Å²) < 4.78 is 16.7. The van der Waals surface area contributed by atoms with Crippen LogP contribution in [0.25, 0.3) is 22.2 Å². The lowest BCUT2D eigenvalue weighted by Gasteiger charge is -2.42. The van der Waals surface area contributed by atoms with Crippen LogP contribution in [-0.4, -0.2) is 65.3 Å². The molecule has 0 radical (unpaired) electrons. The molecule has 7 nitrogen and oxygen atoms in total. The number of rotatable bonds is 4. The molecule has 2 aliphatic rings. The third-order valence-corrected chi connectivity index (χ3v) is 7.05. The first kappa shape index (κ1) is 22.6. The van der Waals surface area contributed by atoms with Crippen LogP contribution in [0.2, 0.25) is 0 Å². The third-order valence-electron chi connectivity index (χ3n) is 7.05. The summed E-state index contributed by atoms with van der Waals surface area (Å²) in [7, 11) is 5.73. The highest BCUT2D eigenvalue weighted by Crippen LogP contribution is 2.36. The van der Waals surface area contributed by atoms with Crippen molar-refractivity contribution < 1.29 is 4.39 Å². The van der Waals surface area contributed by atoms with Gasteiger partial charge in [0.2, 0.25) is 0 Å². The quantitative estimate of drug-likeness (QED) is 0.620. The zero-order valence-corrected chi connectivity index (χ0v) is 20.2. The molecule has 2 aromatic carbocycles. The second kappa shape index (κ2) is 8.85. The van der Waals surface area contributed by atoms with Crippen molar-refractivity contribution in [2.75, 3.05) is 32.5 Å². The number of aryl methyl sites for hydroxylation is 2. The molecule has 178 valence electrons. The highest BCUT2D eigenvalue weighted by molar-refractivity contribution is 6.20. The van der Waals surface area contributed by atoms with Crippen molar-refractivity contribution >= 4 is 34.1 Å². The van der Waals surface area contributed by atoms with Crippen molar-refractivity contribution in [3.05, 3.63) is 59.0 Å². The summed E-state index contributed by atoms with van der Waals surface area (Å²) in [5.74, 6) is -0.276. The van der Waals surface area contributed by atoms with Gasteiger partial charge in [0, 0.05) is 63.0 Å². The van der Waals surface area contributed by atoms with Crippen LogP contribution >= 0.6 is 0 Å². The second-order valence-electron chi connectivity index (χ2n) is 9.26. The van der Waals surface area contributed by atoms with Gasteiger partial charge in [-0.05, 0) is 49.6 Å². The maximum absolute atomic E-state index is 14.8. The molecule has 5 rings (SSSR count). The monoisotopic (exact) mass is 461 g/mol. The number of hydrogen-bond acceptors (Lipinski definition) is 6. The Hall–Kier alpha value is -3.23. The van der Waals surface area contributed by atoms with E-state index in [-0.39, 0.29) is 18.1 Å². The molecule has 0 saturated carbocycles. The molecule has 1 saturated heterocycles. The molecule has 1 atom stereocenters. The summed E-state index contributed by atoms with van der Waals surface area (Å²) in [4.78, 5) is 9.48. The number of aliphatic imine (C=N–C) groups is 1. The molecule has 1 fully saturated rings. The number of aromatic nitrogens is 2. The molecule has 8 heteroatoms.